The number of benzene rings is 2. The lowest BCUT2D eigenvalue weighted by molar-refractivity contribution is -0.116. The molecule has 2 heterocycles. The quantitative estimate of drug-likeness (QED) is 0.348. The molecule has 158 valence electrons. The third-order valence-electron chi connectivity index (χ3n) is 4.61. The van der Waals surface area contributed by atoms with E-state index in [1.165, 1.54) is 5.56 Å². The molecule has 0 saturated heterocycles. The standard InChI is InChI=1S/C23H22N4O2S2/c1-15-8-9-18(16(2)12-15)24-21(28)10-11-22-26-20(27-29-22)14-31-23-25-19(13-30-23)17-6-4-3-5-7-17/h3-9,12-13H,10-11,14H2,1-2H3,(H,24,28). The van der Waals surface area contributed by atoms with Crippen LogP contribution in [0.3, 0.4) is 0 Å². The van der Waals surface area contributed by atoms with E-state index in [1.54, 1.807) is 23.1 Å². The first kappa shape index (κ1) is 21.3. The number of aryl methyl sites for hydroxylation is 3. The zero-order chi connectivity index (χ0) is 21.6. The second-order valence-corrected chi connectivity index (χ2v) is 9.20. The van der Waals surface area contributed by atoms with Crippen molar-refractivity contribution >= 4 is 34.7 Å². The van der Waals surface area contributed by atoms with E-state index in [9.17, 15) is 4.79 Å². The molecule has 0 unspecified atom stereocenters. The fourth-order valence-electron chi connectivity index (χ4n) is 3.03. The summed E-state index contributed by atoms with van der Waals surface area (Å²) in [5.74, 6) is 1.57. The van der Waals surface area contributed by atoms with E-state index < -0.39 is 0 Å². The Morgan fingerprint density at radius 2 is 1.97 bits per heavy atom. The van der Waals surface area contributed by atoms with Crippen LogP contribution in [0.1, 0.15) is 29.3 Å². The van der Waals surface area contributed by atoms with Crippen molar-refractivity contribution in [1.29, 1.82) is 0 Å². The van der Waals surface area contributed by atoms with Crippen LogP contribution >= 0.6 is 23.1 Å². The zero-order valence-corrected chi connectivity index (χ0v) is 18.9. The average Bonchev–Trinajstić information content (AvgIpc) is 3.43. The Kier molecular flexibility index (Phi) is 6.79. The molecule has 0 bridgehead atoms. The van der Waals surface area contributed by atoms with Crippen molar-refractivity contribution < 1.29 is 9.32 Å². The van der Waals surface area contributed by atoms with Gasteiger partial charge in [-0.1, -0.05) is 64.9 Å². The molecule has 1 N–H and O–H groups in total. The number of anilines is 1. The summed E-state index contributed by atoms with van der Waals surface area (Å²) >= 11 is 3.17. The third kappa shape index (κ3) is 5.80. The number of carbonyl (C=O) groups is 1. The van der Waals surface area contributed by atoms with Crippen LogP contribution in [0.25, 0.3) is 11.3 Å². The fourth-order valence-corrected chi connectivity index (χ4v) is 4.71. The predicted molar refractivity (Wildman–Crippen MR) is 124 cm³/mol. The number of hydrogen-bond donors (Lipinski definition) is 1. The average molecular weight is 451 g/mol. The maximum atomic E-state index is 12.2. The molecule has 2 aromatic heterocycles. The van der Waals surface area contributed by atoms with E-state index >= 15 is 0 Å². The summed E-state index contributed by atoms with van der Waals surface area (Å²) in [4.78, 5) is 21.3. The van der Waals surface area contributed by atoms with Crippen LogP contribution in [-0.4, -0.2) is 21.0 Å². The Bertz CT molecular complexity index is 1170. The van der Waals surface area contributed by atoms with Crippen molar-refractivity contribution in [1.82, 2.24) is 15.1 Å². The Hall–Kier alpha value is -2.97. The summed E-state index contributed by atoms with van der Waals surface area (Å²) in [5, 5.41) is 9.01. The lowest BCUT2D eigenvalue weighted by Crippen LogP contribution is -2.13. The SMILES string of the molecule is Cc1ccc(NC(=O)CCc2nc(CSc3nc(-c4ccccc4)cs3)no2)c(C)c1. The van der Waals surface area contributed by atoms with Gasteiger partial charge in [-0.15, -0.1) is 11.3 Å². The van der Waals surface area contributed by atoms with Crippen LogP contribution in [-0.2, 0) is 17.0 Å². The fraction of sp³-hybridized carbons (Fsp3) is 0.217. The summed E-state index contributed by atoms with van der Waals surface area (Å²) in [6, 6.07) is 16.0. The highest BCUT2D eigenvalue weighted by Crippen LogP contribution is 2.29. The molecule has 2 aromatic carbocycles. The largest absolute Gasteiger partial charge is 0.339 e. The summed E-state index contributed by atoms with van der Waals surface area (Å²) < 4.78 is 6.25. The Morgan fingerprint density at radius 3 is 2.77 bits per heavy atom. The normalized spacial score (nSPS) is 10.9. The number of thioether (sulfide) groups is 1. The van der Waals surface area contributed by atoms with E-state index in [0.717, 1.165) is 26.8 Å². The molecular weight excluding hydrogens is 428 g/mol. The minimum atomic E-state index is -0.0719. The molecule has 1 amide bonds. The smallest absolute Gasteiger partial charge is 0.227 e. The lowest BCUT2D eigenvalue weighted by Gasteiger charge is -2.08. The molecule has 0 saturated carbocycles. The number of nitrogens with zero attached hydrogens (tertiary/aromatic N) is 3. The van der Waals surface area contributed by atoms with Gasteiger partial charge in [-0.25, -0.2) is 4.98 Å². The molecular formula is C23H22N4O2S2. The Balaban J connectivity index is 1.26. The molecule has 8 heteroatoms. The van der Waals surface area contributed by atoms with Crippen LogP contribution < -0.4 is 5.32 Å². The van der Waals surface area contributed by atoms with Crippen LogP contribution in [0.4, 0.5) is 5.69 Å². The summed E-state index contributed by atoms with van der Waals surface area (Å²) in [7, 11) is 0. The van der Waals surface area contributed by atoms with Crippen LogP contribution in [0.15, 0.2) is 62.8 Å². The number of hydrogen-bond acceptors (Lipinski definition) is 7. The van der Waals surface area contributed by atoms with Gasteiger partial charge in [0.15, 0.2) is 10.2 Å². The van der Waals surface area contributed by atoms with Gasteiger partial charge < -0.3 is 9.84 Å². The predicted octanol–water partition coefficient (Wildman–Crippen LogP) is 5.67. The first-order chi connectivity index (χ1) is 15.1. The van der Waals surface area contributed by atoms with Crippen molar-refractivity contribution in [3.05, 3.63) is 76.8 Å². The van der Waals surface area contributed by atoms with Gasteiger partial charge in [0.2, 0.25) is 11.8 Å². The van der Waals surface area contributed by atoms with Crippen LogP contribution in [0.2, 0.25) is 0 Å². The van der Waals surface area contributed by atoms with Gasteiger partial charge in [-0.05, 0) is 25.5 Å². The highest BCUT2D eigenvalue weighted by molar-refractivity contribution is 8.00. The molecule has 0 aliphatic heterocycles. The van der Waals surface area contributed by atoms with E-state index in [4.69, 9.17) is 4.52 Å². The van der Waals surface area contributed by atoms with Crippen molar-refractivity contribution in [2.45, 2.75) is 36.8 Å². The molecule has 31 heavy (non-hydrogen) atoms. The molecule has 0 fully saturated rings. The second kappa shape index (κ2) is 9.89. The summed E-state index contributed by atoms with van der Waals surface area (Å²) in [6.07, 6.45) is 0.693. The molecule has 0 radical (unpaired) electrons. The van der Waals surface area contributed by atoms with Crippen LogP contribution in [0.5, 0.6) is 0 Å². The highest BCUT2D eigenvalue weighted by Gasteiger charge is 2.12. The van der Waals surface area contributed by atoms with E-state index in [0.29, 0.717) is 23.9 Å². The van der Waals surface area contributed by atoms with E-state index in [2.05, 4.69) is 20.4 Å². The lowest BCUT2D eigenvalue weighted by atomic mass is 10.1. The van der Waals surface area contributed by atoms with E-state index in [1.807, 2.05) is 67.8 Å². The molecule has 6 nitrogen and oxygen atoms in total. The van der Waals surface area contributed by atoms with Crippen molar-refractivity contribution in [3.63, 3.8) is 0 Å². The molecule has 0 aliphatic rings. The topological polar surface area (TPSA) is 80.9 Å². The van der Waals surface area contributed by atoms with Gasteiger partial charge in [0.1, 0.15) is 0 Å². The summed E-state index contributed by atoms with van der Waals surface area (Å²) in [5.41, 5.74) is 5.11. The molecule has 0 aliphatic carbocycles. The number of rotatable bonds is 8. The minimum Gasteiger partial charge on any atom is -0.339 e. The minimum absolute atomic E-state index is 0.0719. The van der Waals surface area contributed by atoms with E-state index in [-0.39, 0.29) is 12.3 Å². The van der Waals surface area contributed by atoms with Gasteiger partial charge in [-0.2, -0.15) is 4.98 Å². The maximum absolute atomic E-state index is 12.2. The molecule has 4 rings (SSSR count). The van der Waals surface area contributed by atoms with Gasteiger partial charge in [0.05, 0.1) is 11.4 Å². The Labute approximate surface area is 189 Å². The summed E-state index contributed by atoms with van der Waals surface area (Å²) in [6.45, 7) is 4.01. The monoisotopic (exact) mass is 450 g/mol. The van der Waals surface area contributed by atoms with Gasteiger partial charge in [-0.3, -0.25) is 4.79 Å². The van der Waals surface area contributed by atoms with Gasteiger partial charge >= 0.3 is 0 Å². The molecule has 0 atom stereocenters. The van der Waals surface area contributed by atoms with Gasteiger partial charge in [0.25, 0.3) is 0 Å². The van der Waals surface area contributed by atoms with Crippen molar-refractivity contribution in [2.75, 3.05) is 5.32 Å². The zero-order valence-electron chi connectivity index (χ0n) is 17.3. The van der Waals surface area contributed by atoms with Gasteiger partial charge in [0, 0.05) is 29.5 Å². The third-order valence-corrected chi connectivity index (χ3v) is 6.63. The van der Waals surface area contributed by atoms with Crippen molar-refractivity contribution in [3.8, 4) is 11.3 Å². The first-order valence-corrected chi connectivity index (χ1v) is 11.8. The number of amides is 1. The number of aromatic nitrogens is 3. The maximum Gasteiger partial charge on any atom is 0.227 e. The van der Waals surface area contributed by atoms with Crippen molar-refractivity contribution in [2.24, 2.45) is 0 Å². The number of thiazole rings is 1. The molecule has 0 spiro atoms. The van der Waals surface area contributed by atoms with Crippen LogP contribution in [0, 0.1) is 13.8 Å². The molecule has 4 aromatic rings. The number of carbonyl (C=O) groups excluding carboxylic acids is 1. The number of nitrogens with one attached hydrogen (secondary N) is 1. The Morgan fingerprint density at radius 1 is 1.13 bits per heavy atom. The second-order valence-electron chi connectivity index (χ2n) is 7.12. The first-order valence-electron chi connectivity index (χ1n) is 9.89. The highest BCUT2D eigenvalue weighted by atomic mass is 32.2.